The highest BCUT2D eigenvalue weighted by atomic mass is 16.3. The highest BCUT2D eigenvalue weighted by Crippen LogP contribution is 2.44. The minimum atomic E-state index is -0.375. The van der Waals surface area contributed by atoms with Crippen LogP contribution < -0.4 is 0 Å². The maximum Gasteiger partial charge on any atom is 0.0864 e. The lowest BCUT2D eigenvalue weighted by atomic mass is 9.72. The minimum Gasteiger partial charge on any atom is -0.388 e. The molecule has 1 aliphatic carbocycles. The Hall–Kier alpha value is -1.60. The third kappa shape index (κ3) is 1.67. The van der Waals surface area contributed by atoms with Crippen LogP contribution in [0.2, 0.25) is 0 Å². The molecule has 92 valence electrons. The van der Waals surface area contributed by atoms with Gasteiger partial charge in [-0.25, -0.2) is 0 Å². The van der Waals surface area contributed by atoms with Crippen LogP contribution in [-0.4, -0.2) is 5.11 Å². The van der Waals surface area contributed by atoms with Gasteiger partial charge in [0.2, 0.25) is 0 Å². The zero-order valence-electron chi connectivity index (χ0n) is 10.9. The smallest absolute Gasteiger partial charge is 0.0864 e. The SMILES string of the molecule is Cc1cccc(C(O)C2Cc3ccccc32)c1C. The first-order valence-corrected chi connectivity index (χ1v) is 6.50. The Balaban J connectivity index is 1.94. The topological polar surface area (TPSA) is 20.2 Å². The third-order valence-corrected chi connectivity index (χ3v) is 4.24. The Labute approximate surface area is 108 Å². The number of aliphatic hydroxyl groups excluding tert-OH is 1. The molecule has 0 heterocycles. The molecule has 0 spiro atoms. The van der Waals surface area contributed by atoms with Crippen molar-refractivity contribution in [3.63, 3.8) is 0 Å². The normalized spacial score (nSPS) is 18.9. The first kappa shape index (κ1) is 11.5. The molecule has 2 atom stereocenters. The zero-order valence-corrected chi connectivity index (χ0v) is 10.9. The molecular weight excluding hydrogens is 220 g/mol. The summed E-state index contributed by atoms with van der Waals surface area (Å²) in [4.78, 5) is 0. The van der Waals surface area contributed by atoms with Gasteiger partial charge >= 0.3 is 0 Å². The molecule has 3 rings (SSSR count). The molecule has 1 aliphatic rings. The number of rotatable bonds is 2. The Morgan fingerprint density at radius 2 is 1.83 bits per heavy atom. The lowest BCUT2D eigenvalue weighted by molar-refractivity contribution is 0.134. The van der Waals surface area contributed by atoms with E-state index in [1.165, 1.54) is 22.3 Å². The van der Waals surface area contributed by atoms with Crippen molar-refractivity contribution in [1.29, 1.82) is 0 Å². The molecule has 0 amide bonds. The van der Waals surface area contributed by atoms with Gasteiger partial charge in [0, 0.05) is 5.92 Å². The number of fused-ring (bicyclic) bond motifs is 1. The first-order valence-electron chi connectivity index (χ1n) is 6.50. The molecule has 0 saturated heterocycles. The molecule has 1 N–H and O–H groups in total. The van der Waals surface area contributed by atoms with Crippen LogP contribution in [0.3, 0.4) is 0 Å². The first-order chi connectivity index (χ1) is 8.68. The van der Waals surface area contributed by atoms with Gasteiger partial charge in [0.1, 0.15) is 0 Å². The van der Waals surface area contributed by atoms with Gasteiger partial charge in [0.25, 0.3) is 0 Å². The largest absolute Gasteiger partial charge is 0.388 e. The van der Waals surface area contributed by atoms with Crippen LogP contribution in [0.1, 0.15) is 39.8 Å². The van der Waals surface area contributed by atoms with E-state index in [0.717, 1.165) is 12.0 Å². The van der Waals surface area contributed by atoms with Crippen LogP contribution >= 0.6 is 0 Å². The Bertz CT molecular complexity index is 586. The molecule has 18 heavy (non-hydrogen) atoms. The van der Waals surface area contributed by atoms with E-state index in [1.54, 1.807) is 0 Å². The third-order valence-electron chi connectivity index (χ3n) is 4.24. The summed E-state index contributed by atoms with van der Waals surface area (Å²) in [5, 5.41) is 10.6. The van der Waals surface area contributed by atoms with Crippen molar-refractivity contribution in [2.45, 2.75) is 32.3 Å². The van der Waals surface area contributed by atoms with Gasteiger partial charge in [-0.2, -0.15) is 0 Å². The summed E-state index contributed by atoms with van der Waals surface area (Å²) in [6.07, 6.45) is 0.616. The van der Waals surface area contributed by atoms with Gasteiger partial charge < -0.3 is 5.11 Å². The molecule has 1 nitrogen and oxygen atoms in total. The molecule has 1 heteroatoms. The minimum absolute atomic E-state index is 0.265. The summed E-state index contributed by atoms with van der Waals surface area (Å²) in [6.45, 7) is 4.19. The zero-order chi connectivity index (χ0) is 12.7. The molecular formula is C17H18O. The van der Waals surface area contributed by atoms with Crippen molar-refractivity contribution in [1.82, 2.24) is 0 Å². The highest BCUT2D eigenvalue weighted by molar-refractivity contribution is 5.44. The molecule has 2 aromatic carbocycles. The molecule has 0 fully saturated rings. The molecule has 0 aromatic heterocycles. The fourth-order valence-corrected chi connectivity index (χ4v) is 2.89. The molecule has 2 aromatic rings. The van der Waals surface area contributed by atoms with Crippen molar-refractivity contribution in [3.05, 3.63) is 70.3 Å². The van der Waals surface area contributed by atoms with Crippen molar-refractivity contribution >= 4 is 0 Å². The van der Waals surface area contributed by atoms with Gasteiger partial charge in [-0.1, -0.05) is 42.5 Å². The van der Waals surface area contributed by atoms with E-state index < -0.39 is 0 Å². The maximum atomic E-state index is 10.6. The number of aliphatic hydroxyl groups is 1. The van der Waals surface area contributed by atoms with Gasteiger partial charge in [0.05, 0.1) is 6.10 Å². The summed E-state index contributed by atoms with van der Waals surface area (Å²) in [6, 6.07) is 14.6. The summed E-state index contributed by atoms with van der Waals surface area (Å²) < 4.78 is 0. The summed E-state index contributed by atoms with van der Waals surface area (Å²) >= 11 is 0. The standard InChI is InChI=1S/C17H18O/c1-11-6-5-9-14(12(11)2)17(18)16-10-13-7-3-4-8-15(13)16/h3-9,16-18H,10H2,1-2H3. The van der Waals surface area contributed by atoms with E-state index in [4.69, 9.17) is 0 Å². The van der Waals surface area contributed by atoms with Crippen molar-refractivity contribution in [2.24, 2.45) is 0 Å². The van der Waals surface area contributed by atoms with Crippen molar-refractivity contribution < 1.29 is 5.11 Å². The molecule has 2 unspecified atom stereocenters. The lowest BCUT2D eigenvalue weighted by Gasteiger charge is -2.34. The summed E-state index contributed by atoms with van der Waals surface area (Å²) in [5.41, 5.74) is 6.24. The average Bonchev–Trinajstić information content (AvgIpc) is 2.34. The van der Waals surface area contributed by atoms with E-state index >= 15 is 0 Å². The molecule has 0 bridgehead atoms. The second-order valence-electron chi connectivity index (χ2n) is 5.24. The van der Waals surface area contributed by atoms with E-state index in [2.05, 4.69) is 44.2 Å². The van der Waals surface area contributed by atoms with E-state index in [0.29, 0.717) is 0 Å². The Morgan fingerprint density at radius 3 is 2.61 bits per heavy atom. The fraction of sp³-hybridized carbons (Fsp3) is 0.294. The van der Waals surface area contributed by atoms with Crippen LogP contribution in [0.5, 0.6) is 0 Å². The van der Waals surface area contributed by atoms with Gasteiger partial charge in [-0.05, 0) is 48.1 Å². The van der Waals surface area contributed by atoms with Gasteiger partial charge in [-0.15, -0.1) is 0 Å². The van der Waals surface area contributed by atoms with E-state index in [1.807, 2.05) is 12.1 Å². The predicted octanol–water partition coefficient (Wildman–Crippen LogP) is 3.68. The molecule has 0 saturated carbocycles. The number of aryl methyl sites for hydroxylation is 1. The predicted molar refractivity (Wildman–Crippen MR) is 73.8 cm³/mol. The van der Waals surface area contributed by atoms with Crippen molar-refractivity contribution in [3.8, 4) is 0 Å². The number of hydrogen-bond acceptors (Lipinski definition) is 1. The van der Waals surface area contributed by atoms with Crippen LogP contribution in [0.15, 0.2) is 42.5 Å². The summed E-state index contributed by atoms with van der Waals surface area (Å²) in [7, 11) is 0. The van der Waals surface area contributed by atoms with E-state index in [-0.39, 0.29) is 12.0 Å². The van der Waals surface area contributed by atoms with Crippen molar-refractivity contribution in [2.75, 3.05) is 0 Å². The molecule has 0 aliphatic heterocycles. The Morgan fingerprint density at radius 1 is 1.06 bits per heavy atom. The average molecular weight is 238 g/mol. The quantitative estimate of drug-likeness (QED) is 0.846. The van der Waals surface area contributed by atoms with Crippen LogP contribution in [0.4, 0.5) is 0 Å². The highest BCUT2D eigenvalue weighted by Gasteiger charge is 2.33. The monoisotopic (exact) mass is 238 g/mol. The lowest BCUT2D eigenvalue weighted by Crippen LogP contribution is -2.24. The Kier molecular flexibility index (Phi) is 2.71. The van der Waals surface area contributed by atoms with Crippen LogP contribution in [0, 0.1) is 13.8 Å². The summed E-state index contributed by atoms with van der Waals surface area (Å²) in [5.74, 6) is 0.265. The fourth-order valence-electron chi connectivity index (χ4n) is 2.89. The maximum absolute atomic E-state index is 10.6. The number of benzene rings is 2. The second kappa shape index (κ2) is 4.25. The van der Waals surface area contributed by atoms with Gasteiger partial charge in [0.15, 0.2) is 0 Å². The number of hydrogen-bond donors (Lipinski definition) is 1. The second-order valence-corrected chi connectivity index (χ2v) is 5.24. The van der Waals surface area contributed by atoms with E-state index in [9.17, 15) is 5.11 Å². The van der Waals surface area contributed by atoms with Crippen LogP contribution in [0.25, 0.3) is 0 Å². The van der Waals surface area contributed by atoms with Crippen LogP contribution in [-0.2, 0) is 6.42 Å². The van der Waals surface area contributed by atoms with Gasteiger partial charge in [-0.3, -0.25) is 0 Å². The molecule has 0 radical (unpaired) electrons.